The summed E-state index contributed by atoms with van der Waals surface area (Å²) in [6.07, 6.45) is 5.37. The second-order valence-electron chi connectivity index (χ2n) is 6.71. The second kappa shape index (κ2) is 11.5. The highest BCUT2D eigenvalue weighted by atomic mass is 35.5. The first kappa shape index (κ1) is 23.6. The maximum Gasteiger partial charge on any atom is 0.328 e. The summed E-state index contributed by atoms with van der Waals surface area (Å²) in [5.74, 6) is 1.11. The summed E-state index contributed by atoms with van der Waals surface area (Å²) >= 11 is 5.98. The Labute approximate surface area is 184 Å². The number of benzene rings is 1. The van der Waals surface area contributed by atoms with Crippen LogP contribution in [0.15, 0.2) is 35.5 Å². The van der Waals surface area contributed by atoms with E-state index in [9.17, 15) is 4.79 Å². The number of hydrogen-bond donors (Lipinski definition) is 0. The van der Waals surface area contributed by atoms with Crippen molar-refractivity contribution in [1.29, 1.82) is 0 Å². The molecule has 0 N–H and O–H groups in total. The Morgan fingerprint density at radius 3 is 2.33 bits per heavy atom. The largest absolute Gasteiger partial charge is 0.341 e. The van der Waals surface area contributed by atoms with Crippen molar-refractivity contribution in [3.8, 4) is 0 Å². The molecule has 0 saturated carbocycles. The maximum absolute atomic E-state index is 13.3. The third-order valence-corrected chi connectivity index (χ3v) is 5.01. The number of carbonyl (C=O) groups is 1. The van der Waals surface area contributed by atoms with Gasteiger partial charge >= 0.3 is 6.03 Å². The molecule has 2 rings (SSSR count). The fourth-order valence-corrected chi connectivity index (χ4v) is 3.07. The standard InChI is InChI=1S/C22H31ClN6O/c1-6-10-15-24-20-19(16-25-21(26-20)28(7-2)8-3)29(9-4)22(30)27(5)18-13-11-17(23)12-14-18/h11-16H,6-10H2,1-5H3. The first-order chi connectivity index (χ1) is 14.5. The van der Waals surface area contributed by atoms with E-state index in [1.165, 1.54) is 0 Å². The predicted octanol–water partition coefficient (Wildman–Crippen LogP) is 5.56. The smallest absolute Gasteiger partial charge is 0.328 e. The van der Waals surface area contributed by atoms with Gasteiger partial charge in [-0.2, -0.15) is 4.98 Å². The lowest BCUT2D eigenvalue weighted by Crippen LogP contribution is -2.41. The van der Waals surface area contributed by atoms with E-state index in [2.05, 4.69) is 40.6 Å². The molecule has 0 atom stereocenters. The second-order valence-corrected chi connectivity index (χ2v) is 7.15. The Hall–Kier alpha value is -2.67. The lowest BCUT2D eigenvalue weighted by molar-refractivity contribution is 0.253. The third-order valence-electron chi connectivity index (χ3n) is 4.75. The van der Waals surface area contributed by atoms with Gasteiger partial charge in [-0.25, -0.2) is 14.8 Å². The summed E-state index contributed by atoms with van der Waals surface area (Å²) in [5.41, 5.74) is 1.34. The molecular weight excluding hydrogens is 400 g/mol. The third kappa shape index (κ3) is 5.69. The van der Waals surface area contributed by atoms with E-state index >= 15 is 0 Å². The van der Waals surface area contributed by atoms with Crippen molar-refractivity contribution in [3.05, 3.63) is 35.5 Å². The van der Waals surface area contributed by atoms with Crippen molar-refractivity contribution in [3.63, 3.8) is 0 Å². The molecule has 0 radical (unpaired) electrons. The number of nitrogens with zero attached hydrogens (tertiary/aromatic N) is 6. The van der Waals surface area contributed by atoms with E-state index in [0.717, 1.165) is 31.6 Å². The number of unbranched alkanes of at least 4 members (excludes halogenated alkanes) is 1. The van der Waals surface area contributed by atoms with Crippen LogP contribution in [0.4, 0.5) is 27.9 Å². The van der Waals surface area contributed by atoms with Crippen LogP contribution in [0.1, 0.15) is 40.5 Å². The minimum Gasteiger partial charge on any atom is -0.341 e. The average molecular weight is 431 g/mol. The predicted molar refractivity (Wildman–Crippen MR) is 127 cm³/mol. The zero-order valence-electron chi connectivity index (χ0n) is 18.5. The average Bonchev–Trinajstić information content (AvgIpc) is 2.76. The van der Waals surface area contributed by atoms with Crippen LogP contribution in [0, 0.1) is 0 Å². The minimum atomic E-state index is -0.189. The monoisotopic (exact) mass is 430 g/mol. The van der Waals surface area contributed by atoms with Gasteiger partial charge < -0.3 is 4.90 Å². The molecule has 0 bridgehead atoms. The van der Waals surface area contributed by atoms with Gasteiger partial charge in [0.1, 0.15) is 5.69 Å². The van der Waals surface area contributed by atoms with Gasteiger partial charge in [0.25, 0.3) is 0 Å². The van der Waals surface area contributed by atoms with Crippen LogP contribution in [-0.2, 0) is 0 Å². The number of urea groups is 1. The summed E-state index contributed by atoms with van der Waals surface area (Å²) in [4.78, 5) is 32.3. The molecular formula is C22H31ClN6O. The van der Waals surface area contributed by atoms with E-state index in [4.69, 9.17) is 11.6 Å². The lowest BCUT2D eigenvalue weighted by Gasteiger charge is -2.28. The molecule has 1 heterocycles. The molecule has 30 heavy (non-hydrogen) atoms. The topological polar surface area (TPSA) is 64.9 Å². The summed E-state index contributed by atoms with van der Waals surface area (Å²) < 4.78 is 0. The number of halogens is 1. The normalized spacial score (nSPS) is 11.0. The van der Waals surface area contributed by atoms with Crippen LogP contribution >= 0.6 is 11.6 Å². The number of aliphatic imine (C=N–C) groups is 1. The number of amides is 2. The van der Waals surface area contributed by atoms with Crippen molar-refractivity contribution in [2.24, 2.45) is 4.99 Å². The van der Waals surface area contributed by atoms with Gasteiger partial charge in [0.2, 0.25) is 5.95 Å². The molecule has 162 valence electrons. The number of rotatable bonds is 9. The molecule has 0 aliphatic rings. The van der Waals surface area contributed by atoms with Crippen molar-refractivity contribution < 1.29 is 4.79 Å². The molecule has 2 aromatic rings. The van der Waals surface area contributed by atoms with Crippen LogP contribution in [0.5, 0.6) is 0 Å². The van der Waals surface area contributed by atoms with E-state index in [0.29, 0.717) is 29.0 Å². The fourth-order valence-electron chi connectivity index (χ4n) is 2.95. The van der Waals surface area contributed by atoms with Crippen LogP contribution in [0.25, 0.3) is 0 Å². The Bertz CT molecular complexity index is 851. The Balaban J connectivity index is 2.43. The number of hydrogen-bond acceptors (Lipinski definition) is 5. The van der Waals surface area contributed by atoms with Gasteiger partial charge in [-0.15, -0.1) is 0 Å². The summed E-state index contributed by atoms with van der Waals surface area (Å²) in [6.45, 7) is 10.2. The van der Waals surface area contributed by atoms with Gasteiger partial charge in [0, 0.05) is 43.6 Å². The summed E-state index contributed by atoms with van der Waals surface area (Å²) in [5, 5.41) is 0.625. The molecule has 2 amide bonds. The van der Waals surface area contributed by atoms with E-state index in [-0.39, 0.29) is 6.03 Å². The van der Waals surface area contributed by atoms with Crippen molar-refractivity contribution >= 4 is 47.0 Å². The molecule has 0 saturated heterocycles. The van der Waals surface area contributed by atoms with Crippen LogP contribution in [-0.4, -0.2) is 48.9 Å². The summed E-state index contributed by atoms with van der Waals surface area (Å²) in [6, 6.07) is 6.97. The van der Waals surface area contributed by atoms with Gasteiger partial charge in [-0.1, -0.05) is 24.9 Å². The maximum atomic E-state index is 13.3. The minimum absolute atomic E-state index is 0.189. The van der Waals surface area contributed by atoms with Crippen molar-refractivity contribution in [1.82, 2.24) is 9.97 Å². The first-order valence-corrected chi connectivity index (χ1v) is 10.8. The van der Waals surface area contributed by atoms with Gasteiger partial charge in [-0.3, -0.25) is 9.80 Å². The molecule has 0 aliphatic heterocycles. The Morgan fingerprint density at radius 2 is 1.77 bits per heavy atom. The fraction of sp³-hybridized carbons (Fsp3) is 0.455. The van der Waals surface area contributed by atoms with Gasteiger partial charge in [0.15, 0.2) is 5.82 Å². The number of carbonyl (C=O) groups excluding carboxylic acids is 1. The van der Waals surface area contributed by atoms with Gasteiger partial charge in [-0.05, 0) is 51.5 Å². The zero-order chi connectivity index (χ0) is 22.1. The Morgan fingerprint density at radius 1 is 1.10 bits per heavy atom. The van der Waals surface area contributed by atoms with Crippen LogP contribution < -0.4 is 14.7 Å². The zero-order valence-corrected chi connectivity index (χ0v) is 19.2. The van der Waals surface area contributed by atoms with Crippen molar-refractivity contribution in [2.75, 3.05) is 41.4 Å². The highest BCUT2D eigenvalue weighted by Crippen LogP contribution is 2.29. The summed E-state index contributed by atoms with van der Waals surface area (Å²) in [7, 11) is 1.74. The molecule has 0 fully saturated rings. The Kier molecular flexibility index (Phi) is 9.05. The first-order valence-electron chi connectivity index (χ1n) is 10.4. The highest BCUT2D eigenvalue weighted by molar-refractivity contribution is 6.30. The lowest BCUT2D eigenvalue weighted by atomic mass is 10.3. The molecule has 8 heteroatoms. The molecule has 0 unspecified atom stereocenters. The number of anilines is 3. The van der Waals surface area contributed by atoms with E-state index in [1.807, 2.05) is 25.3 Å². The molecule has 1 aromatic carbocycles. The van der Waals surface area contributed by atoms with Crippen LogP contribution in [0.2, 0.25) is 5.02 Å². The number of aromatic nitrogens is 2. The SMILES string of the molecule is CCCC=Nc1nc(N(CC)CC)ncc1N(CC)C(=O)N(C)c1ccc(Cl)cc1. The van der Waals surface area contributed by atoms with Gasteiger partial charge in [0.05, 0.1) is 6.20 Å². The molecule has 0 aliphatic carbocycles. The van der Waals surface area contributed by atoms with Crippen LogP contribution in [0.3, 0.4) is 0 Å². The quantitative estimate of drug-likeness (QED) is 0.488. The highest BCUT2D eigenvalue weighted by Gasteiger charge is 2.24. The van der Waals surface area contributed by atoms with Crippen molar-refractivity contribution in [2.45, 2.75) is 40.5 Å². The van der Waals surface area contributed by atoms with E-state index in [1.54, 1.807) is 35.2 Å². The molecule has 0 spiro atoms. The molecule has 7 nitrogen and oxygen atoms in total. The van der Waals surface area contributed by atoms with E-state index < -0.39 is 0 Å². The molecule has 1 aromatic heterocycles.